The van der Waals surface area contributed by atoms with Gasteiger partial charge in [-0.15, -0.1) is 0 Å². The van der Waals surface area contributed by atoms with E-state index in [9.17, 15) is 19.6 Å². The van der Waals surface area contributed by atoms with E-state index in [1.54, 1.807) is 67.4 Å². The average molecular weight is 563 g/mol. The van der Waals surface area contributed by atoms with Gasteiger partial charge in [-0.25, -0.2) is 10.3 Å². The molecule has 41 heavy (non-hydrogen) atoms. The van der Waals surface area contributed by atoms with E-state index in [-0.39, 0.29) is 12.3 Å². The number of carbonyl (C=O) groups is 3. The third-order valence-electron chi connectivity index (χ3n) is 7.40. The van der Waals surface area contributed by atoms with Gasteiger partial charge >= 0.3 is 6.09 Å². The minimum absolute atomic E-state index is 0.103. The highest BCUT2D eigenvalue weighted by molar-refractivity contribution is 5.95. The molecule has 218 valence electrons. The summed E-state index contributed by atoms with van der Waals surface area (Å²) in [6.07, 6.45) is 0.163. The highest BCUT2D eigenvalue weighted by Gasteiger charge is 2.43. The van der Waals surface area contributed by atoms with Crippen LogP contribution in [0.3, 0.4) is 0 Å². The SMILES string of the molecule is Cc1cc(COc2ccc(C(=O)N(C)C3(CC(=O)NO)CCN(C(=O)OC(C)(C)C)CC3)cc2)c2ccccc2n1. The highest BCUT2D eigenvalue weighted by atomic mass is 16.6. The molecular weight excluding hydrogens is 524 g/mol. The van der Waals surface area contributed by atoms with Gasteiger partial charge in [-0.3, -0.25) is 19.8 Å². The van der Waals surface area contributed by atoms with E-state index < -0.39 is 23.1 Å². The van der Waals surface area contributed by atoms with Crippen LogP contribution in [0.4, 0.5) is 4.79 Å². The summed E-state index contributed by atoms with van der Waals surface area (Å²) in [5.74, 6) is -0.260. The van der Waals surface area contributed by atoms with Gasteiger partial charge in [-0.2, -0.15) is 0 Å². The van der Waals surface area contributed by atoms with Crippen molar-refractivity contribution in [2.24, 2.45) is 0 Å². The zero-order valence-electron chi connectivity index (χ0n) is 24.3. The lowest BCUT2D eigenvalue weighted by Gasteiger charge is -2.47. The number of fused-ring (bicyclic) bond motifs is 1. The third-order valence-corrected chi connectivity index (χ3v) is 7.40. The molecule has 2 aromatic carbocycles. The second-order valence-corrected chi connectivity index (χ2v) is 11.5. The number of rotatable bonds is 7. The lowest BCUT2D eigenvalue weighted by Crippen LogP contribution is -2.58. The van der Waals surface area contributed by atoms with Crippen LogP contribution in [0.1, 0.15) is 61.6 Å². The van der Waals surface area contributed by atoms with Gasteiger partial charge in [-0.05, 0) is 76.9 Å². The van der Waals surface area contributed by atoms with E-state index >= 15 is 0 Å². The van der Waals surface area contributed by atoms with Crippen molar-refractivity contribution in [2.45, 2.75) is 64.7 Å². The molecule has 1 aliphatic rings. The monoisotopic (exact) mass is 562 g/mol. The summed E-state index contributed by atoms with van der Waals surface area (Å²) in [4.78, 5) is 46.1. The van der Waals surface area contributed by atoms with Gasteiger partial charge in [0.25, 0.3) is 5.91 Å². The van der Waals surface area contributed by atoms with Crippen LogP contribution in [0.25, 0.3) is 10.9 Å². The maximum Gasteiger partial charge on any atom is 0.410 e. The minimum Gasteiger partial charge on any atom is -0.489 e. The minimum atomic E-state index is -0.891. The first kappa shape index (κ1) is 29.8. The van der Waals surface area contributed by atoms with Crippen LogP contribution in [0.5, 0.6) is 5.75 Å². The summed E-state index contributed by atoms with van der Waals surface area (Å²) in [6.45, 7) is 8.32. The number of ether oxygens (including phenoxy) is 2. The quantitative estimate of drug-likeness (QED) is 0.312. The van der Waals surface area contributed by atoms with Crippen molar-refractivity contribution in [1.29, 1.82) is 0 Å². The fraction of sp³-hybridized carbons (Fsp3) is 0.419. The fourth-order valence-corrected chi connectivity index (χ4v) is 5.18. The number of benzene rings is 2. The van der Waals surface area contributed by atoms with Crippen LogP contribution in [0.2, 0.25) is 0 Å². The second-order valence-electron chi connectivity index (χ2n) is 11.5. The lowest BCUT2D eigenvalue weighted by atomic mass is 9.82. The maximum atomic E-state index is 13.6. The van der Waals surface area contributed by atoms with Crippen molar-refractivity contribution >= 4 is 28.8 Å². The van der Waals surface area contributed by atoms with Crippen LogP contribution in [0, 0.1) is 6.92 Å². The molecule has 0 bridgehead atoms. The Labute approximate surface area is 240 Å². The number of amides is 3. The summed E-state index contributed by atoms with van der Waals surface area (Å²) in [5.41, 5.74) is 3.44. The summed E-state index contributed by atoms with van der Waals surface area (Å²) in [7, 11) is 1.65. The predicted molar refractivity (Wildman–Crippen MR) is 154 cm³/mol. The summed E-state index contributed by atoms with van der Waals surface area (Å²) < 4.78 is 11.5. The van der Waals surface area contributed by atoms with Crippen molar-refractivity contribution in [3.05, 3.63) is 71.4 Å². The van der Waals surface area contributed by atoms with Crippen LogP contribution in [0.15, 0.2) is 54.6 Å². The molecule has 10 heteroatoms. The molecule has 1 aromatic heterocycles. The Balaban J connectivity index is 1.45. The largest absolute Gasteiger partial charge is 0.489 e. The van der Waals surface area contributed by atoms with Gasteiger partial charge in [0, 0.05) is 42.3 Å². The molecule has 2 N–H and O–H groups in total. The van der Waals surface area contributed by atoms with Crippen LogP contribution >= 0.6 is 0 Å². The molecule has 1 fully saturated rings. The topological polar surface area (TPSA) is 121 Å². The number of piperidine rings is 1. The smallest absolute Gasteiger partial charge is 0.410 e. The van der Waals surface area contributed by atoms with Crippen molar-refractivity contribution < 1.29 is 29.1 Å². The highest BCUT2D eigenvalue weighted by Crippen LogP contribution is 2.33. The number of pyridine rings is 1. The molecule has 0 atom stereocenters. The molecular formula is C31H38N4O6. The molecule has 0 aliphatic carbocycles. The number of carbonyl (C=O) groups excluding carboxylic acids is 3. The van der Waals surface area contributed by atoms with E-state index in [0.717, 1.165) is 22.2 Å². The summed E-state index contributed by atoms with van der Waals surface area (Å²) >= 11 is 0. The molecule has 0 unspecified atom stereocenters. The number of para-hydroxylation sites is 1. The van der Waals surface area contributed by atoms with Crippen molar-refractivity contribution in [3.8, 4) is 5.75 Å². The van der Waals surface area contributed by atoms with E-state index in [2.05, 4.69) is 4.98 Å². The molecule has 2 heterocycles. The Bertz CT molecular complexity index is 1410. The Morgan fingerprint density at radius 3 is 2.37 bits per heavy atom. The van der Waals surface area contributed by atoms with Crippen LogP contribution in [-0.2, 0) is 16.1 Å². The number of likely N-dealkylation sites (tertiary alicyclic amines) is 1. The van der Waals surface area contributed by atoms with Gasteiger partial charge in [0.05, 0.1) is 17.5 Å². The number of hydrogen-bond acceptors (Lipinski definition) is 7. The summed E-state index contributed by atoms with van der Waals surface area (Å²) in [5, 5.41) is 10.2. The van der Waals surface area contributed by atoms with Crippen LogP contribution < -0.4 is 10.2 Å². The lowest BCUT2D eigenvalue weighted by molar-refractivity contribution is -0.132. The predicted octanol–water partition coefficient (Wildman–Crippen LogP) is 4.86. The zero-order valence-corrected chi connectivity index (χ0v) is 24.3. The third kappa shape index (κ3) is 7.13. The normalized spacial score (nSPS) is 14.8. The number of hydroxylamine groups is 1. The van der Waals surface area contributed by atoms with Gasteiger partial charge in [0.2, 0.25) is 5.91 Å². The molecule has 4 rings (SSSR count). The van der Waals surface area contributed by atoms with Gasteiger partial charge in [0.1, 0.15) is 18.0 Å². The zero-order chi connectivity index (χ0) is 29.8. The average Bonchev–Trinajstić information content (AvgIpc) is 2.94. The maximum absolute atomic E-state index is 13.6. The van der Waals surface area contributed by atoms with Gasteiger partial charge in [-0.1, -0.05) is 18.2 Å². The first-order valence-electron chi connectivity index (χ1n) is 13.7. The standard InChI is InChI=1S/C31H38N4O6/c1-21-18-23(25-8-6-7-9-26(25)32-21)20-40-24-12-10-22(11-13-24)28(37)34(5)31(19-27(36)33-39)14-16-35(17-15-31)29(38)41-30(2,3)4/h6-13,18,39H,14-17,19-20H2,1-5H3,(H,33,36). The molecule has 3 aromatic rings. The Kier molecular flexibility index (Phi) is 8.82. The number of aryl methyl sites for hydroxylation is 1. The molecule has 0 saturated carbocycles. The van der Waals surface area contributed by atoms with Gasteiger partial charge in [0.15, 0.2) is 0 Å². The molecule has 1 aliphatic heterocycles. The molecule has 3 amide bonds. The number of nitrogens with zero attached hydrogens (tertiary/aromatic N) is 3. The van der Waals surface area contributed by atoms with E-state index in [0.29, 0.717) is 43.9 Å². The van der Waals surface area contributed by atoms with Crippen molar-refractivity contribution in [1.82, 2.24) is 20.3 Å². The van der Waals surface area contributed by atoms with Crippen molar-refractivity contribution in [3.63, 3.8) is 0 Å². The van der Waals surface area contributed by atoms with Gasteiger partial charge < -0.3 is 19.3 Å². The first-order valence-corrected chi connectivity index (χ1v) is 13.7. The Hall–Kier alpha value is -4.18. The molecule has 0 radical (unpaired) electrons. The molecule has 1 saturated heterocycles. The number of nitrogens with one attached hydrogen (secondary N) is 1. The van der Waals surface area contributed by atoms with E-state index in [1.165, 1.54) is 0 Å². The van der Waals surface area contributed by atoms with E-state index in [1.807, 2.05) is 37.3 Å². The fourth-order valence-electron chi connectivity index (χ4n) is 5.18. The first-order chi connectivity index (χ1) is 19.4. The number of hydrogen-bond donors (Lipinski definition) is 2. The summed E-state index contributed by atoms with van der Waals surface area (Å²) in [6, 6.07) is 16.8. The van der Waals surface area contributed by atoms with Crippen molar-refractivity contribution in [2.75, 3.05) is 20.1 Å². The Morgan fingerprint density at radius 2 is 1.73 bits per heavy atom. The van der Waals surface area contributed by atoms with Crippen LogP contribution in [-0.4, -0.2) is 69.2 Å². The molecule has 0 spiro atoms. The second kappa shape index (κ2) is 12.1. The Morgan fingerprint density at radius 1 is 1.07 bits per heavy atom. The van der Waals surface area contributed by atoms with E-state index in [4.69, 9.17) is 9.47 Å². The molecule has 10 nitrogen and oxygen atoms in total. The number of aromatic nitrogens is 1.